The minimum Gasteiger partial charge on any atom is -0.444 e. The zero-order chi connectivity index (χ0) is 45.9. The first-order chi connectivity index (χ1) is 28.4. The zero-order valence-corrected chi connectivity index (χ0v) is 37.3. The summed E-state index contributed by atoms with van der Waals surface area (Å²) in [6, 6.07) is 14.8. The maximum Gasteiger partial charge on any atom is 0.408 e. The molecule has 0 radical (unpaired) electrons. The van der Waals surface area contributed by atoms with Crippen molar-refractivity contribution in [2.75, 3.05) is 26.2 Å². The molecule has 2 aromatic rings. The van der Waals surface area contributed by atoms with E-state index >= 15 is 0 Å². The van der Waals surface area contributed by atoms with Crippen LogP contribution in [0.2, 0.25) is 0 Å². The highest BCUT2D eigenvalue weighted by Gasteiger charge is 2.32. The predicted molar refractivity (Wildman–Crippen MR) is 231 cm³/mol. The number of nitrogens with one attached hydrogen (secondary N) is 7. The van der Waals surface area contributed by atoms with Gasteiger partial charge in [0.2, 0.25) is 23.6 Å². The Balaban J connectivity index is 2.16. The quantitative estimate of drug-likeness (QED) is 0.0830. The Kier molecular flexibility index (Phi) is 21.1. The summed E-state index contributed by atoms with van der Waals surface area (Å²) in [5.41, 5.74) is 0.143. The molecule has 340 valence electrons. The number of ether oxygens (including phenoxy) is 2. The SMILES string of the molecule is CC(C)[C@H](NC(=O)CNC(=O)OC(C)(C)C)C(=O)N[C@@H](Cc1ccccc1)[C@H](O)CNC[C@@H](O)[C@H](Cc1ccccc1)NC(=O)[C@@H](NC(=O)CNC(=O)OC(C)(C)C)C(C)C. The molecule has 0 bridgehead atoms. The molecule has 2 aromatic carbocycles. The Morgan fingerprint density at radius 1 is 0.541 bits per heavy atom. The third-order valence-corrected chi connectivity index (χ3v) is 9.00. The Morgan fingerprint density at radius 2 is 0.869 bits per heavy atom. The number of aliphatic hydroxyl groups excluding tert-OH is 2. The number of amides is 6. The van der Waals surface area contributed by atoms with Crippen molar-refractivity contribution in [1.29, 1.82) is 0 Å². The monoisotopic (exact) mass is 856 g/mol. The van der Waals surface area contributed by atoms with Gasteiger partial charge in [0.05, 0.1) is 24.3 Å². The van der Waals surface area contributed by atoms with Crippen LogP contribution >= 0.6 is 0 Å². The van der Waals surface area contributed by atoms with E-state index in [0.29, 0.717) is 0 Å². The van der Waals surface area contributed by atoms with E-state index in [1.54, 1.807) is 69.2 Å². The normalized spacial score (nSPS) is 14.7. The van der Waals surface area contributed by atoms with Gasteiger partial charge in [0.15, 0.2) is 0 Å². The molecule has 0 aliphatic rings. The standard InChI is InChI=1S/C44H69N7O10/c1-27(2)37(50-35(54)25-46-41(58)60-43(5,6)7)39(56)48-31(21-29-17-13-11-14-18-29)33(52)23-45-24-34(53)32(22-30-19-15-12-16-20-30)49-40(57)38(28(3)4)51-36(55)26-47-42(59)61-44(8,9)10/h11-20,27-28,31-34,37-38,45,52-53H,21-26H2,1-10H3,(H,46,58)(H,47,59)(H,48,56)(H,49,57)(H,50,54)(H,51,55)/t31-,32-,33+,34+,37-,38-/m0/s1. The predicted octanol–water partition coefficient (Wildman–Crippen LogP) is 2.08. The van der Waals surface area contributed by atoms with Crippen molar-refractivity contribution < 1.29 is 48.5 Å². The summed E-state index contributed by atoms with van der Waals surface area (Å²) >= 11 is 0. The molecular weight excluding hydrogens is 787 g/mol. The van der Waals surface area contributed by atoms with Crippen molar-refractivity contribution >= 4 is 35.8 Å². The van der Waals surface area contributed by atoms with Gasteiger partial charge < -0.3 is 56.9 Å². The van der Waals surface area contributed by atoms with Crippen LogP contribution in [-0.4, -0.2) is 120 Å². The molecule has 0 unspecified atom stereocenters. The smallest absolute Gasteiger partial charge is 0.408 e. The van der Waals surface area contributed by atoms with Gasteiger partial charge in [0, 0.05) is 13.1 Å². The minimum absolute atomic E-state index is 0.0747. The second kappa shape index (κ2) is 24.9. The Hall–Kier alpha value is -5.26. The van der Waals surface area contributed by atoms with Gasteiger partial charge in [0.1, 0.15) is 36.4 Å². The summed E-state index contributed by atoms with van der Waals surface area (Å²) in [6.45, 7) is 16.2. The number of carbonyl (C=O) groups is 6. The molecule has 0 aliphatic carbocycles. The van der Waals surface area contributed by atoms with E-state index in [1.165, 1.54) is 0 Å². The van der Waals surface area contributed by atoms with E-state index in [9.17, 15) is 39.0 Å². The molecular formula is C44H69N7O10. The van der Waals surface area contributed by atoms with Gasteiger partial charge in [-0.3, -0.25) is 19.2 Å². The van der Waals surface area contributed by atoms with Crippen LogP contribution in [-0.2, 0) is 41.5 Å². The molecule has 0 aromatic heterocycles. The topological polar surface area (TPSA) is 246 Å². The summed E-state index contributed by atoms with van der Waals surface area (Å²) in [5, 5.41) is 41.9. The number of aliphatic hydroxyl groups is 2. The highest BCUT2D eigenvalue weighted by Crippen LogP contribution is 2.12. The van der Waals surface area contributed by atoms with Crippen LogP contribution in [0, 0.1) is 11.8 Å². The van der Waals surface area contributed by atoms with E-state index in [0.717, 1.165) is 11.1 Å². The summed E-state index contributed by atoms with van der Waals surface area (Å²) in [6.07, 6.45) is -3.43. The molecule has 2 rings (SSSR count). The molecule has 0 spiro atoms. The van der Waals surface area contributed by atoms with E-state index in [2.05, 4.69) is 37.2 Å². The first-order valence-electron chi connectivity index (χ1n) is 20.7. The van der Waals surface area contributed by atoms with Gasteiger partial charge in [0.25, 0.3) is 0 Å². The van der Waals surface area contributed by atoms with E-state index in [1.807, 2.05) is 60.7 Å². The van der Waals surface area contributed by atoms with Crippen molar-refractivity contribution in [2.45, 2.75) is 130 Å². The second-order valence-electron chi connectivity index (χ2n) is 17.7. The number of hydrogen-bond donors (Lipinski definition) is 9. The molecule has 9 N–H and O–H groups in total. The van der Waals surface area contributed by atoms with Crippen LogP contribution in [0.4, 0.5) is 9.59 Å². The van der Waals surface area contributed by atoms with Crippen LogP contribution in [0.3, 0.4) is 0 Å². The summed E-state index contributed by atoms with van der Waals surface area (Å²) in [4.78, 5) is 77.1. The molecule has 17 heteroatoms. The highest BCUT2D eigenvalue weighted by atomic mass is 16.6. The molecule has 0 saturated heterocycles. The molecule has 61 heavy (non-hydrogen) atoms. The Labute approximate surface area is 360 Å². The van der Waals surface area contributed by atoms with Crippen LogP contribution in [0.1, 0.15) is 80.4 Å². The first kappa shape index (κ1) is 51.9. The maximum atomic E-state index is 13.7. The lowest BCUT2D eigenvalue weighted by Crippen LogP contribution is -2.58. The fourth-order valence-electron chi connectivity index (χ4n) is 5.96. The molecule has 6 amide bonds. The van der Waals surface area contributed by atoms with E-state index in [4.69, 9.17) is 9.47 Å². The van der Waals surface area contributed by atoms with Gasteiger partial charge in [-0.1, -0.05) is 88.4 Å². The fraction of sp³-hybridized carbons (Fsp3) is 0.591. The lowest BCUT2D eigenvalue weighted by Gasteiger charge is -2.30. The number of rotatable bonds is 22. The Bertz CT molecular complexity index is 1570. The second-order valence-corrected chi connectivity index (χ2v) is 17.7. The average Bonchev–Trinajstić information content (AvgIpc) is 3.15. The minimum atomic E-state index is -1.18. The van der Waals surface area contributed by atoms with E-state index < -0.39 is 96.5 Å². The van der Waals surface area contributed by atoms with E-state index in [-0.39, 0.29) is 37.8 Å². The first-order valence-corrected chi connectivity index (χ1v) is 20.7. The molecule has 0 saturated carbocycles. The molecule has 0 aliphatic heterocycles. The van der Waals surface area contributed by atoms with Gasteiger partial charge in [-0.2, -0.15) is 0 Å². The lowest BCUT2D eigenvalue weighted by molar-refractivity contribution is -0.130. The molecule has 0 fully saturated rings. The lowest BCUT2D eigenvalue weighted by atomic mass is 9.97. The van der Waals surface area contributed by atoms with Crippen LogP contribution in [0.25, 0.3) is 0 Å². The summed E-state index contributed by atoms with van der Waals surface area (Å²) < 4.78 is 10.4. The molecule has 17 nitrogen and oxygen atoms in total. The molecule has 0 heterocycles. The van der Waals surface area contributed by atoms with Crippen molar-refractivity contribution in [2.24, 2.45) is 11.8 Å². The third-order valence-electron chi connectivity index (χ3n) is 9.00. The van der Waals surface area contributed by atoms with Gasteiger partial charge in [-0.15, -0.1) is 0 Å². The number of hydrogen-bond acceptors (Lipinski definition) is 11. The Morgan fingerprint density at radius 3 is 1.16 bits per heavy atom. The fourth-order valence-corrected chi connectivity index (χ4v) is 5.96. The van der Waals surface area contributed by atoms with Crippen LogP contribution in [0.5, 0.6) is 0 Å². The van der Waals surface area contributed by atoms with Crippen molar-refractivity contribution in [3.05, 3.63) is 71.8 Å². The van der Waals surface area contributed by atoms with Crippen molar-refractivity contribution in [3.8, 4) is 0 Å². The van der Waals surface area contributed by atoms with Gasteiger partial charge in [-0.05, 0) is 77.3 Å². The van der Waals surface area contributed by atoms with Crippen LogP contribution < -0.4 is 37.2 Å². The van der Waals surface area contributed by atoms with Crippen molar-refractivity contribution in [1.82, 2.24) is 37.2 Å². The van der Waals surface area contributed by atoms with Gasteiger partial charge >= 0.3 is 12.2 Å². The summed E-state index contributed by atoms with van der Waals surface area (Å²) in [7, 11) is 0. The maximum absolute atomic E-state index is 13.7. The van der Waals surface area contributed by atoms with Gasteiger partial charge in [-0.25, -0.2) is 9.59 Å². The number of alkyl carbamates (subject to hydrolysis) is 2. The largest absolute Gasteiger partial charge is 0.444 e. The average molecular weight is 856 g/mol. The number of carbonyl (C=O) groups excluding carboxylic acids is 6. The summed E-state index contributed by atoms with van der Waals surface area (Å²) in [5.74, 6) is -3.02. The number of benzene rings is 2. The van der Waals surface area contributed by atoms with Crippen LogP contribution in [0.15, 0.2) is 60.7 Å². The van der Waals surface area contributed by atoms with Crippen molar-refractivity contribution in [3.63, 3.8) is 0 Å². The molecule has 6 atom stereocenters. The zero-order valence-electron chi connectivity index (χ0n) is 37.3. The highest BCUT2D eigenvalue weighted by molar-refractivity contribution is 5.90. The third kappa shape index (κ3) is 21.2.